The zero-order valence-corrected chi connectivity index (χ0v) is 13.8. The van der Waals surface area contributed by atoms with Gasteiger partial charge in [0.1, 0.15) is 0 Å². The number of hydrogen-bond donors (Lipinski definition) is 1. The Hall–Kier alpha value is -0.530. The zero-order chi connectivity index (χ0) is 14.6. The smallest absolute Gasteiger partial charge is 0.0266 e. The van der Waals surface area contributed by atoms with Gasteiger partial charge < -0.3 is 5.32 Å². The summed E-state index contributed by atoms with van der Waals surface area (Å²) >= 11 is 6.09. The van der Waals surface area contributed by atoms with Crippen molar-refractivity contribution in [3.8, 4) is 0 Å². The van der Waals surface area contributed by atoms with Crippen LogP contribution in [0, 0.1) is 5.92 Å². The molecule has 0 amide bonds. The first-order valence-electron chi connectivity index (χ1n) is 7.89. The maximum atomic E-state index is 6.09. The number of alkyl halides is 1. The second kappa shape index (κ2) is 6.95. The summed E-state index contributed by atoms with van der Waals surface area (Å²) in [6.07, 6.45) is 5.24. The lowest BCUT2D eigenvalue weighted by Crippen LogP contribution is -2.38. The maximum Gasteiger partial charge on any atom is 0.0266 e. The lowest BCUT2D eigenvalue weighted by Gasteiger charge is -2.31. The van der Waals surface area contributed by atoms with Gasteiger partial charge in [-0.3, -0.25) is 0 Å². The van der Waals surface area contributed by atoms with Gasteiger partial charge in [0.2, 0.25) is 0 Å². The Morgan fingerprint density at radius 3 is 2.35 bits per heavy atom. The van der Waals surface area contributed by atoms with E-state index in [0.717, 1.165) is 12.4 Å². The van der Waals surface area contributed by atoms with E-state index < -0.39 is 0 Å². The molecule has 0 saturated heterocycles. The molecule has 1 aromatic carbocycles. The average molecular weight is 294 g/mol. The fourth-order valence-electron chi connectivity index (χ4n) is 3.03. The number of halogens is 1. The normalized spacial score (nSPS) is 23.8. The summed E-state index contributed by atoms with van der Waals surface area (Å²) in [6, 6.07) is 9.63. The van der Waals surface area contributed by atoms with Gasteiger partial charge in [0.15, 0.2) is 0 Å². The molecular formula is C18H28ClN. The predicted octanol–water partition coefficient (Wildman–Crippen LogP) is 4.87. The van der Waals surface area contributed by atoms with Gasteiger partial charge in [-0.25, -0.2) is 0 Å². The molecule has 1 saturated carbocycles. The highest BCUT2D eigenvalue weighted by Gasteiger charge is 2.23. The number of hydrogen-bond acceptors (Lipinski definition) is 1. The van der Waals surface area contributed by atoms with Crippen molar-refractivity contribution in [2.75, 3.05) is 5.88 Å². The monoisotopic (exact) mass is 293 g/mol. The molecule has 0 bridgehead atoms. The highest BCUT2D eigenvalue weighted by Crippen LogP contribution is 2.26. The van der Waals surface area contributed by atoms with Crippen molar-refractivity contribution in [1.82, 2.24) is 5.32 Å². The zero-order valence-electron chi connectivity index (χ0n) is 13.1. The van der Waals surface area contributed by atoms with Crippen LogP contribution in [0.5, 0.6) is 0 Å². The molecular weight excluding hydrogens is 266 g/mol. The molecule has 1 aliphatic rings. The van der Waals surface area contributed by atoms with Crippen molar-refractivity contribution in [2.45, 2.75) is 64.5 Å². The first kappa shape index (κ1) is 15.9. The van der Waals surface area contributed by atoms with Gasteiger partial charge >= 0.3 is 0 Å². The molecule has 1 fully saturated rings. The van der Waals surface area contributed by atoms with Crippen LogP contribution in [0.2, 0.25) is 0 Å². The summed E-state index contributed by atoms with van der Waals surface area (Å²) in [5, 5.41) is 3.71. The molecule has 2 rings (SSSR count). The first-order valence-corrected chi connectivity index (χ1v) is 8.43. The van der Waals surface area contributed by atoms with E-state index in [-0.39, 0.29) is 5.41 Å². The molecule has 0 heterocycles. The topological polar surface area (TPSA) is 12.0 Å². The highest BCUT2D eigenvalue weighted by molar-refractivity contribution is 6.18. The largest absolute Gasteiger partial charge is 0.310 e. The second-order valence-electron chi connectivity index (χ2n) is 7.13. The Morgan fingerprint density at radius 1 is 1.10 bits per heavy atom. The van der Waals surface area contributed by atoms with E-state index in [2.05, 4.69) is 50.4 Å². The minimum Gasteiger partial charge on any atom is -0.310 e. The van der Waals surface area contributed by atoms with Crippen LogP contribution in [0.25, 0.3) is 0 Å². The molecule has 0 spiro atoms. The van der Waals surface area contributed by atoms with E-state index in [0.29, 0.717) is 12.0 Å². The molecule has 2 atom stereocenters. The number of rotatable bonds is 4. The summed E-state index contributed by atoms with van der Waals surface area (Å²) in [6.45, 7) is 7.73. The Kier molecular flexibility index (Phi) is 5.51. The van der Waals surface area contributed by atoms with Gasteiger partial charge in [0.05, 0.1) is 0 Å². The van der Waals surface area contributed by atoms with Crippen LogP contribution in [-0.2, 0) is 12.0 Å². The van der Waals surface area contributed by atoms with Crippen molar-refractivity contribution in [2.24, 2.45) is 5.92 Å². The summed E-state index contributed by atoms with van der Waals surface area (Å²) < 4.78 is 0. The lowest BCUT2D eigenvalue weighted by atomic mass is 9.85. The van der Waals surface area contributed by atoms with Gasteiger partial charge in [-0.2, -0.15) is 0 Å². The first-order chi connectivity index (χ1) is 9.50. The summed E-state index contributed by atoms with van der Waals surface area (Å²) in [4.78, 5) is 0. The standard InChI is InChI=1S/C18H28ClN/c1-18(2,3)16-10-8-14(9-11-16)13-20-17-7-5-4-6-15(17)12-19/h8-11,15,17,20H,4-7,12-13H2,1-3H3. The second-order valence-corrected chi connectivity index (χ2v) is 7.44. The van der Waals surface area contributed by atoms with Gasteiger partial charge in [0, 0.05) is 18.5 Å². The number of benzene rings is 1. The van der Waals surface area contributed by atoms with Crippen molar-refractivity contribution >= 4 is 11.6 Å². The van der Waals surface area contributed by atoms with E-state index >= 15 is 0 Å². The fourth-order valence-corrected chi connectivity index (χ4v) is 3.40. The third-order valence-electron chi connectivity index (χ3n) is 4.50. The average Bonchev–Trinajstić information content (AvgIpc) is 2.45. The van der Waals surface area contributed by atoms with E-state index in [9.17, 15) is 0 Å². The Morgan fingerprint density at radius 2 is 1.75 bits per heavy atom. The van der Waals surface area contributed by atoms with Crippen molar-refractivity contribution in [3.05, 3.63) is 35.4 Å². The molecule has 112 valence electrons. The Balaban J connectivity index is 1.90. The van der Waals surface area contributed by atoms with Crippen LogP contribution in [0.15, 0.2) is 24.3 Å². The predicted molar refractivity (Wildman–Crippen MR) is 88.4 cm³/mol. The van der Waals surface area contributed by atoms with Gasteiger partial charge in [-0.15, -0.1) is 11.6 Å². The van der Waals surface area contributed by atoms with Gasteiger partial charge in [-0.1, -0.05) is 57.9 Å². The van der Waals surface area contributed by atoms with Gasteiger partial charge in [-0.05, 0) is 35.3 Å². The maximum absolute atomic E-state index is 6.09. The quantitative estimate of drug-likeness (QED) is 0.781. The SMILES string of the molecule is CC(C)(C)c1ccc(CNC2CCCCC2CCl)cc1. The number of nitrogens with one attached hydrogen (secondary N) is 1. The minimum atomic E-state index is 0.235. The van der Waals surface area contributed by atoms with E-state index in [4.69, 9.17) is 11.6 Å². The fraction of sp³-hybridized carbons (Fsp3) is 0.667. The summed E-state index contributed by atoms with van der Waals surface area (Å²) in [5.74, 6) is 1.44. The minimum absolute atomic E-state index is 0.235. The molecule has 1 nitrogen and oxygen atoms in total. The van der Waals surface area contributed by atoms with Crippen LogP contribution in [-0.4, -0.2) is 11.9 Å². The molecule has 20 heavy (non-hydrogen) atoms. The lowest BCUT2D eigenvalue weighted by molar-refractivity contribution is 0.282. The van der Waals surface area contributed by atoms with Crippen molar-refractivity contribution < 1.29 is 0 Å². The molecule has 0 aliphatic heterocycles. The molecule has 1 aliphatic carbocycles. The summed E-state index contributed by atoms with van der Waals surface area (Å²) in [5.41, 5.74) is 3.01. The molecule has 0 radical (unpaired) electrons. The van der Waals surface area contributed by atoms with Crippen molar-refractivity contribution in [3.63, 3.8) is 0 Å². The van der Waals surface area contributed by atoms with Crippen LogP contribution in [0.4, 0.5) is 0 Å². The van der Waals surface area contributed by atoms with E-state index in [1.54, 1.807) is 0 Å². The third kappa shape index (κ3) is 4.23. The van der Waals surface area contributed by atoms with Gasteiger partial charge in [0.25, 0.3) is 0 Å². The molecule has 2 unspecified atom stereocenters. The molecule has 1 aromatic rings. The molecule has 1 N–H and O–H groups in total. The van der Waals surface area contributed by atoms with E-state index in [1.807, 2.05) is 0 Å². The molecule has 2 heteroatoms. The molecule has 0 aromatic heterocycles. The van der Waals surface area contributed by atoms with E-state index in [1.165, 1.54) is 36.8 Å². The Bertz CT molecular complexity index is 404. The highest BCUT2D eigenvalue weighted by atomic mass is 35.5. The third-order valence-corrected chi connectivity index (χ3v) is 4.89. The van der Waals surface area contributed by atoms with Crippen LogP contribution in [0.3, 0.4) is 0 Å². The van der Waals surface area contributed by atoms with Crippen molar-refractivity contribution in [1.29, 1.82) is 0 Å². The van der Waals surface area contributed by atoms with Crippen LogP contribution in [0.1, 0.15) is 57.6 Å². The Labute approximate surface area is 129 Å². The van der Waals surface area contributed by atoms with Crippen LogP contribution >= 0.6 is 11.6 Å². The summed E-state index contributed by atoms with van der Waals surface area (Å²) in [7, 11) is 0. The van der Waals surface area contributed by atoms with Crippen LogP contribution < -0.4 is 5.32 Å².